The van der Waals surface area contributed by atoms with Crippen LogP contribution < -0.4 is 0 Å². The Labute approximate surface area is 74.1 Å². The van der Waals surface area contributed by atoms with Crippen LogP contribution in [0.3, 0.4) is 0 Å². The van der Waals surface area contributed by atoms with Gasteiger partial charge in [-0.3, -0.25) is 9.98 Å². The second kappa shape index (κ2) is 2.85. The minimum Gasteiger partial charge on any atom is -0.266 e. The van der Waals surface area contributed by atoms with Gasteiger partial charge < -0.3 is 0 Å². The molecule has 0 saturated carbocycles. The third-order valence-electron chi connectivity index (χ3n) is 2.54. The molecule has 0 aromatic rings. The number of hydrogen-bond acceptors (Lipinski definition) is 2. The number of nitrogens with zero attached hydrogens (tertiary/aromatic N) is 2. The van der Waals surface area contributed by atoms with Crippen molar-refractivity contribution in [1.82, 2.24) is 0 Å². The second-order valence-electron chi connectivity index (χ2n) is 4.39. The van der Waals surface area contributed by atoms with E-state index in [4.69, 9.17) is 0 Å². The van der Waals surface area contributed by atoms with E-state index in [1.165, 1.54) is 0 Å². The molecule has 0 bridgehead atoms. The SMILES string of the molecule is CC(C)(C)C1(C)C=NC=CN=C1. The van der Waals surface area contributed by atoms with Gasteiger partial charge >= 0.3 is 0 Å². The van der Waals surface area contributed by atoms with Crippen LogP contribution in [0, 0.1) is 10.8 Å². The fourth-order valence-corrected chi connectivity index (χ4v) is 0.893. The van der Waals surface area contributed by atoms with Gasteiger partial charge in [0.05, 0.1) is 0 Å². The van der Waals surface area contributed by atoms with Crippen molar-refractivity contribution in [3.05, 3.63) is 12.4 Å². The third kappa shape index (κ3) is 1.63. The summed E-state index contributed by atoms with van der Waals surface area (Å²) in [6, 6.07) is 0. The van der Waals surface area contributed by atoms with E-state index in [-0.39, 0.29) is 10.8 Å². The Morgan fingerprint density at radius 3 is 1.75 bits per heavy atom. The van der Waals surface area contributed by atoms with Crippen LogP contribution in [0.4, 0.5) is 0 Å². The minimum atomic E-state index is -0.0451. The van der Waals surface area contributed by atoms with Crippen molar-refractivity contribution in [3.63, 3.8) is 0 Å². The maximum atomic E-state index is 4.16. The van der Waals surface area contributed by atoms with Crippen LogP contribution in [0.1, 0.15) is 27.7 Å². The molecule has 12 heavy (non-hydrogen) atoms. The van der Waals surface area contributed by atoms with Gasteiger partial charge in [0.25, 0.3) is 0 Å². The first-order valence-electron chi connectivity index (χ1n) is 4.19. The predicted octanol–water partition coefficient (Wildman–Crippen LogP) is 2.67. The molecule has 0 atom stereocenters. The average Bonchev–Trinajstić information content (AvgIpc) is 2.12. The van der Waals surface area contributed by atoms with Crippen LogP contribution in [0.5, 0.6) is 0 Å². The molecule has 2 nitrogen and oxygen atoms in total. The number of hydrogen-bond donors (Lipinski definition) is 0. The molecule has 0 N–H and O–H groups in total. The molecule has 0 saturated heterocycles. The smallest absolute Gasteiger partial charge is 0.0447 e. The van der Waals surface area contributed by atoms with Crippen molar-refractivity contribution in [2.24, 2.45) is 20.8 Å². The summed E-state index contributed by atoms with van der Waals surface area (Å²) in [6.45, 7) is 8.72. The molecule has 0 amide bonds. The van der Waals surface area contributed by atoms with Gasteiger partial charge in [-0.05, 0) is 12.3 Å². The Kier molecular flexibility index (Phi) is 2.18. The van der Waals surface area contributed by atoms with E-state index in [9.17, 15) is 0 Å². The largest absolute Gasteiger partial charge is 0.266 e. The number of aliphatic imine (C=N–C) groups is 2. The zero-order valence-electron chi connectivity index (χ0n) is 8.20. The van der Waals surface area contributed by atoms with Gasteiger partial charge in [0.1, 0.15) is 0 Å². The zero-order valence-corrected chi connectivity index (χ0v) is 8.20. The highest BCUT2D eigenvalue weighted by atomic mass is 14.8. The van der Waals surface area contributed by atoms with E-state index in [2.05, 4.69) is 37.7 Å². The molecule has 0 aromatic heterocycles. The van der Waals surface area contributed by atoms with Crippen molar-refractivity contribution in [3.8, 4) is 0 Å². The predicted molar refractivity (Wildman–Crippen MR) is 53.7 cm³/mol. The topological polar surface area (TPSA) is 24.7 Å². The van der Waals surface area contributed by atoms with Gasteiger partial charge in [0.2, 0.25) is 0 Å². The lowest BCUT2D eigenvalue weighted by atomic mass is 9.69. The molecule has 0 unspecified atom stereocenters. The monoisotopic (exact) mass is 164 g/mol. The summed E-state index contributed by atoms with van der Waals surface area (Å²) >= 11 is 0. The van der Waals surface area contributed by atoms with Gasteiger partial charge in [-0.15, -0.1) is 0 Å². The quantitative estimate of drug-likeness (QED) is 0.526. The Morgan fingerprint density at radius 1 is 1.00 bits per heavy atom. The molecule has 1 aliphatic heterocycles. The van der Waals surface area contributed by atoms with Gasteiger partial charge in [0.15, 0.2) is 0 Å². The summed E-state index contributed by atoms with van der Waals surface area (Å²) in [5.74, 6) is 0. The summed E-state index contributed by atoms with van der Waals surface area (Å²) in [7, 11) is 0. The first-order chi connectivity index (χ1) is 5.46. The van der Waals surface area contributed by atoms with Crippen molar-refractivity contribution in [2.45, 2.75) is 27.7 Å². The minimum absolute atomic E-state index is 0.0451. The molecule has 0 spiro atoms. The Bertz CT molecular complexity index is 225. The molecule has 1 rings (SSSR count). The first kappa shape index (κ1) is 9.17. The van der Waals surface area contributed by atoms with E-state index in [0.29, 0.717) is 0 Å². The molecule has 0 aromatic carbocycles. The van der Waals surface area contributed by atoms with Crippen LogP contribution in [-0.2, 0) is 0 Å². The van der Waals surface area contributed by atoms with Crippen LogP contribution in [-0.4, -0.2) is 12.4 Å². The lowest BCUT2D eigenvalue weighted by Crippen LogP contribution is -2.35. The first-order valence-corrected chi connectivity index (χ1v) is 4.19. The summed E-state index contributed by atoms with van der Waals surface area (Å²) in [6.07, 6.45) is 7.35. The zero-order chi connectivity index (χ0) is 9.24. The van der Waals surface area contributed by atoms with Crippen LogP contribution in [0.2, 0.25) is 0 Å². The summed E-state index contributed by atoms with van der Waals surface area (Å²) in [5, 5.41) is 0. The molecule has 1 heterocycles. The average molecular weight is 164 g/mol. The van der Waals surface area contributed by atoms with Gasteiger partial charge in [-0.1, -0.05) is 20.8 Å². The van der Waals surface area contributed by atoms with Crippen molar-refractivity contribution >= 4 is 12.4 Å². The van der Waals surface area contributed by atoms with Gasteiger partial charge in [-0.25, -0.2) is 0 Å². The molecule has 0 fully saturated rings. The highest BCUT2D eigenvalue weighted by Crippen LogP contribution is 2.35. The fraction of sp³-hybridized carbons (Fsp3) is 0.600. The third-order valence-corrected chi connectivity index (χ3v) is 2.54. The highest BCUT2D eigenvalue weighted by Gasteiger charge is 2.34. The van der Waals surface area contributed by atoms with E-state index < -0.39 is 0 Å². The van der Waals surface area contributed by atoms with E-state index in [0.717, 1.165) is 0 Å². The van der Waals surface area contributed by atoms with Crippen molar-refractivity contribution < 1.29 is 0 Å². The van der Waals surface area contributed by atoms with Crippen LogP contribution in [0.15, 0.2) is 22.4 Å². The lowest BCUT2D eigenvalue weighted by molar-refractivity contribution is 0.284. The normalized spacial score (nSPS) is 21.0. The molecule has 0 aliphatic carbocycles. The highest BCUT2D eigenvalue weighted by molar-refractivity contribution is 5.90. The van der Waals surface area contributed by atoms with Crippen LogP contribution in [0.25, 0.3) is 0 Å². The van der Waals surface area contributed by atoms with Gasteiger partial charge in [0, 0.05) is 30.2 Å². The van der Waals surface area contributed by atoms with Gasteiger partial charge in [-0.2, -0.15) is 0 Å². The Hall–Kier alpha value is -0.920. The summed E-state index contributed by atoms with van der Waals surface area (Å²) in [5.41, 5.74) is 0.114. The molecule has 0 radical (unpaired) electrons. The van der Waals surface area contributed by atoms with E-state index in [1.807, 2.05) is 12.4 Å². The molecule has 1 aliphatic rings. The second-order valence-corrected chi connectivity index (χ2v) is 4.39. The summed E-state index contributed by atoms with van der Waals surface area (Å²) in [4.78, 5) is 8.32. The molecule has 66 valence electrons. The molecular formula is C10H16N2. The standard InChI is InChI=1S/C10H16N2/c1-9(2,3)10(4)7-11-5-6-12-8-10/h5-8H,1-4H3. The molecule has 2 heteroatoms. The van der Waals surface area contributed by atoms with Crippen molar-refractivity contribution in [1.29, 1.82) is 0 Å². The van der Waals surface area contributed by atoms with Crippen LogP contribution >= 0.6 is 0 Å². The maximum absolute atomic E-state index is 4.16. The molecular weight excluding hydrogens is 148 g/mol. The Balaban J connectivity index is 2.99. The van der Waals surface area contributed by atoms with E-state index in [1.54, 1.807) is 12.4 Å². The maximum Gasteiger partial charge on any atom is 0.0447 e. The van der Waals surface area contributed by atoms with E-state index >= 15 is 0 Å². The number of rotatable bonds is 0. The van der Waals surface area contributed by atoms with Crippen molar-refractivity contribution in [2.75, 3.05) is 0 Å². The summed E-state index contributed by atoms with van der Waals surface area (Å²) < 4.78 is 0. The lowest BCUT2D eigenvalue weighted by Gasteiger charge is -2.34. The Morgan fingerprint density at radius 2 is 1.42 bits per heavy atom. The fourth-order valence-electron chi connectivity index (χ4n) is 0.893.